The molecule has 0 aliphatic rings. The standard InChI is InChI=1S/C15H14N4O2/c1-9-12(6-11(17)8-18-9)15(20)19-13-4-3-10(7-16)5-14(13)21-2/h3-6,8H,17H2,1-2H3,(H,19,20). The topological polar surface area (TPSA) is 101 Å². The predicted molar refractivity (Wildman–Crippen MR) is 79.0 cm³/mol. The Bertz CT molecular complexity index is 735. The summed E-state index contributed by atoms with van der Waals surface area (Å²) in [5, 5.41) is 11.6. The Morgan fingerprint density at radius 3 is 2.86 bits per heavy atom. The minimum absolute atomic E-state index is 0.338. The Morgan fingerprint density at radius 2 is 2.19 bits per heavy atom. The van der Waals surface area contributed by atoms with Crippen LogP contribution in [0.3, 0.4) is 0 Å². The fourth-order valence-electron chi connectivity index (χ4n) is 1.83. The van der Waals surface area contributed by atoms with Gasteiger partial charge in [0, 0.05) is 6.07 Å². The van der Waals surface area contributed by atoms with Crippen molar-refractivity contribution in [3.8, 4) is 11.8 Å². The van der Waals surface area contributed by atoms with Gasteiger partial charge in [0.1, 0.15) is 5.75 Å². The molecule has 1 amide bonds. The lowest BCUT2D eigenvalue weighted by molar-refractivity contribution is 0.102. The summed E-state index contributed by atoms with van der Waals surface area (Å²) < 4.78 is 5.17. The zero-order valence-electron chi connectivity index (χ0n) is 11.7. The predicted octanol–water partition coefficient (Wildman–Crippen LogP) is 2.10. The lowest BCUT2D eigenvalue weighted by Gasteiger charge is -2.11. The molecule has 0 bridgehead atoms. The number of methoxy groups -OCH3 is 1. The third-order valence-corrected chi connectivity index (χ3v) is 2.93. The van der Waals surface area contributed by atoms with Crippen LogP contribution in [0.1, 0.15) is 21.6 Å². The molecule has 0 radical (unpaired) electrons. The molecule has 106 valence electrons. The summed E-state index contributed by atoms with van der Waals surface area (Å²) in [6.45, 7) is 1.73. The zero-order valence-corrected chi connectivity index (χ0v) is 11.7. The molecule has 3 N–H and O–H groups in total. The number of carbonyl (C=O) groups excluding carboxylic acids is 1. The van der Waals surface area contributed by atoms with Gasteiger partial charge in [-0.05, 0) is 25.1 Å². The van der Waals surface area contributed by atoms with E-state index in [1.165, 1.54) is 13.3 Å². The van der Waals surface area contributed by atoms with Gasteiger partial charge in [0.2, 0.25) is 0 Å². The number of aryl methyl sites for hydroxylation is 1. The van der Waals surface area contributed by atoms with Crippen LogP contribution in [-0.2, 0) is 0 Å². The maximum atomic E-state index is 12.3. The van der Waals surface area contributed by atoms with Crippen LogP contribution >= 0.6 is 0 Å². The van der Waals surface area contributed by atoms with E-state index in [1.807, 2.05) is 6.07 Å². The molecular weight excluding hydrogens is 268 g/mol. The molecule has 6 heteroatoms. The summed E-state index contributed by atoms with van der Waals surface area (Å²) in [5.74, 6) is 0.0761. The van der Waals surface area contributed by atoms with Gasteiger partial charge in [-0.25, -0.2) is 0 Å². The number of nitrogens with zero attached hydrogens (tertiary/aromatic N) is 2. The number of aromatic nitrogens is 1. The van der Waals surface area contributed by atoms with E-state index in [1.54, 1.807) is 31.2 Å². The lowest BCUT2D eigenvalue weighted by Crippen LogP contribution is -2.15. The summed E-state index contributed by atoms with van der Waals surface area (Å²) in [5.41, 5.74) is 7.96. The summed E-state index contributed by atoms with van der Waals surface area (Å²) in [4.78, 5) is 16.3. The van der Waals surface area contributed by atoms with Gasteiger partial charge in [-0.1, -0.05) is 0 Å². The SMILES string of the molecule is COc1cc(C#N)ccc1NC(=O)c1cc(N)cnc1C. The Morgan fingerprint density at radius 1 is 1.43 bits per heavy atom. The van der Waals surface area contributed by atoms with E-state index in [-0.39, 0.29) is 5.91 Å². The summed E-state index contributed by atoms with van der Waals surface area (Å²) in [6, 6.07) is 8.35. The quantitative estimate of drug-likeness (QED) is 0.897. The van der Waals surface area contributed by atoms with E-state index in [0.29, 0.717) is 33.9 Å². The summed E-state index contributed by atoms with van der Waals surface area (Å²) >= 11 is 0. The number of nitrogens with two attached hydrogens (primary N) is 1. The van der Waals surface area contributed by atoms with Crippen LogP contribution in [0.5, 0.6) is 5.75 Å². The van der Waals surface area contributed by atoms with Gasteiger partial charge in [-0.3, -0.25) is 9.78 Å². The third kappa shape index (κ3) is 3.09. The van der Waals surface area contributed by atoms with Crippen LogP contribution in [-0.4, -0.2) is 18.0 Å². The molecule has 0 saturated carbocycles. The number of benzene rings is 1. The van der Waals surface area contributed by atoms with Gasteiger partial charge in [-0.15, -0.1) is 0 Å². The second-order valence-electron chi connectivity index (χ2n) is 4.38. The van der Waals surface area contributed by atoms with Crippen molar-refractivity contribution in [1.82, 2.24) is 4.98 Å². The fraction of sp³-hybridized carbons (Fsp3) is 0.133. The molecule has 0 spiro atoms. The molecule has 1 aromatic carbocycles. The Kier molecular flexibility index (Phi) is 4.05. The van der Waals surface area contributed by atoms with Gasteiger partial charge >= 0.3 is 0 Å². The number of carbonyl (C=O) groups is 1. The van der Waals surface area contributed by atoms with E-state index in [9.17, 15) is 4.79 Å². The normalized spacial score (nSPS) is 9.76. The molecule has 0 unspecified atom stereocenters. The minimum atomic E-state index is -0.338. The monoisotopic (exact) mass is 282 g/mol. The van der Waals surface area contributed by atoms with Crippen molar-refractivity contribution in [3.05, 3.63) is 47.3 Å². The molecule has 0 saturated heterocycles. The number of nitrogen functional groups attached to an aromatic ring is 1. The van der Waals surface area contributed by atoms with Crippen LogP contribution in [0.15, 0.2) is 30.5 Å². The van der Waals surface area contributed by atoms with E-state index in [2.05, 4.69) is 10.3 Å². The molecular formula is C15H14N4O2. The van der Waals surface area contributed by atoms with Crippen LogP contribution in [0.2, 0.25) is 0 Å². The lowest BCUT2D eigenvalue weighted by atomic mass is 10.1. The van der Waals surface area contributed by atoms with Crippen molar-refractivity contribution >= 4 is 17.3 Å². The molecule has 21 heavy (non-hydrogen) atoms. The molecule has 0 aliphatic carbocycles. The van der Waals surface area contributed by atoms with Gasteiger partial charge in [-0.2, -0.15) is 5.26 Å². The first-order valence-electron chi connectivity index (χ1n) is 6.16. The van der Waals surface area contributed by atoms with E-state index in [0.717, 1.165) is 0 Å². The number of rotatable bonds is 3. The summed E-state index contributed by atoms with van der Waals surface area (Å²) in [6.07, 6.45) is 1.49. The number of nitriles is 1. The van der Waals surface area contributed by atoms with Crippen molar-refractivity contribution < 1.29 is 9.53 Å². The number of nitrogens with one attached hydrogen (secondary N) is 1. The van der Waals surface area contributed by atoms with E-state index < -0.39 is 0 Å². The molecule has 0 aliphatic heterocycles. The maximum Gasteiger partial charge on any atom is 0.257 e. The van der Waals surface area contributed by atoms with Crippen molar-refractivity contribution in [2.45, 2.75) is 6.92 Å². The molecule has 6 nitrogen and oxygen atoms in total. The van der Waals surface area contributed by atoms with E-state index in [4.69, 9.17) is 15.7 Å². The maximum absolute atomic E-state index is 12.3. The zero-order chi connectivity index (χ0) is 15.4. The van der Waals surface area contributed by atoms with Crippen LogP contribution < -0.4 is 15.8 Å². The van der Waals surface area contributed by atoms with Crippen LogP contribution in [0, 0.1) is 18.3 Å². The van der Waals surface area contributed by atoms with Gasteiger partial charge in [0.25, 0.3) is 5.91 Å². The number of anilines is 2. The number of hydrogen-bond acceptors (Lipinski definition) is 5. The highest BCUT2D eigenvalue weighted by Gasteiger charge is 2.13. The molecule has 2 rings (SSSR count). The first-order valence-corrected chi connectivity index (χ1v) is 6.16. The Hall–Kier alpha value is -3.07. The van der Waals surface area contributed by atoms with Gasteiger partial charge in [0.05, 0.1) is 47.6 Å². The minimum Gasteiger partial charge on any atom is -0.495 e. The van der Waals surface area contributed by atoms with Crippen molar-refractivity contribution in [1.29, 1.82) is 5.26 Å². The van der Waals surface area contributed by atoms with Crippen molar-refractivity contribution in [2.75, 3.05) is 18.2 Å². The van der Waals surface area contributed by atoms with Crippen LogP contribution in [0.25, 0.3) is 0 Å². The molecule has 1 heterocycles. The highest BCUT2D eigenvalue weighted by molar-refractivity contribution is 6.06. The van der Waals surface area contributed by atoms with Gasteiger partial charge < -0.3 is 15.8 Å². The average Bonchev–Trinajstić information content (AvgIpc) is 2.49. The highest BCUT2D eigenvalue weighted by atomic mass is 16.5. The largest absolute Gasteiger partial charge is 0.495 e. The van der Waals surface area contributed by atoms with Crippen molar-refractivity contribution in [2.24, 2.45) is 0 Å². The first kappa shape index (κ1) is 14.3. The van der Waals surface area contributed by atoms with Gasteiger partial charge in [0.15, 0.2) is 0 Å². The average molecular weight is 282 g/mol. The molecule has 1 aromatic heterocycles. The van der Waals surface area contributed by atoms with E-state index >= 15 is 0 Å². The molecule has 0 atom stereocenters. The van der Waals surface area contributed by atoms with Crippen LogP contribution in [0.4, 0.5) is 11.4 Å². The second kappa shape index (κ2) is 5.92. The molecule has 2 aromatic rings. The number of amides is 1. The fourth-order valence-corrected chi connectivity index (χ4v) is 1.83. The second-order valence-corrected chi connectivity index (χ2v) is 4.38. The molecule has 0 fully saturated rings. The first-order chi connectivity index (χ1) is 10.0. The number of pyridine rings is 1. The number of ether oxygens (including phenoxy) is 1. The third-order valence-electron chi connectivity index (χ3n) is 2.93. The van der Waals surface area contributed by atoms with Crippen molar-refractivity contribution in [3.63, 3.8) is 0 Å². The Labute approximate surface area is 122 Å². The Balaban J connectivity index is 2.32. The summed E-state index contributed by atoms with van der Waals surface area (Å²) in [7, 11) is 1.47. The highest BCUT2D eigenvalue weighted by Crippen LogP contribution is 2.26. The smallest absolute Gasteiger partial charge is 0.257 e. The number of hydrogen-bond donors (Lipinski definition) is 2.